The smallest absolute Gasteiger partial charge is 0.406 e. The van der Waals surface area contributed by atoms with Gasteiger partial charge in [0.05, 0.1) is 10.2 Å². The molecule has 29 heavy (non-hydrogen) atoms. The van der Waals surface area contributed by atoms with Crippen LogP contribution in [0.4, 0.5) is 35.0 Å². The van der Waals surface area contributed by atoms with Crippen LogP contribution in [0, 0.1) is 5.82 Å². The summed E-state index contributed by atoms with van der Waals surface area (Å²) in [5, 5.41) is 5.93. The number of nitrogens with one attached hydrogen (secondary N) is 2. The lowest BCUT2D eigenvalue weighted by Crippen LogP contribution is -2.17. The Hall–Kier alpha value is -2.88. The minimum absolute atomic E-state index is 0.271. The third-order valence-electron chi connectivity index (χ3n) is 3.62. The van der Waals surface area contributed by atoms with Crippen LogP contribution in [0.5, 0.6) is 5.75 Å². The van der Waals surface area contributed by atoms with Gasteiger partial charge in [0.15, 0.2) is 0 Å². The van der Waals surface area contributed by atoms with Crippen LogP contribution in [0.1, 0.15) is 6.92 Å². The Balaban J connectivity index is 1.96. The Labute approximate surface area is 172 Å². The first kappa shape index (κ1) is 20.8. The summed E-state index contributed by atoms with van der Waals surface area (Å²) in [4.78, 5) is 8.62. The Morgan fingerprint density at radius 3 is 2.55 bits per heavy atom. The summed E-state index contributed by atoms with van der Waals surface area (Å²) >= 11 is 3.09. The predicted molar refractivity (Wildman–Crippen MR) is 106 cm³/mol. The molecule has 3 aromatic rings. The molecule has 0 fully saturated rings. The zero-order valence-corrected chi connectivity index (χ0v) is 16.6. The fraction of sp³-hybridized carbons (Fsp3) is 0.158. The maximum Gasteiger partial charge on any atom is 0.573 e. The first-order valence-corrected chi connectivity index (χ1v) is 9.24. The van der Waals surface area contributed by atoms with Gasteiger partial charge in [-0.1, -0.05) is 12.1 Å². The lowest BCUT2D eigenvalue weighted by atomic mass is 10.1. The van der Waals surface area contributed by atoms with E-state index >= 15 is 0 Å². The van der Waals surface area contributed by atoms with Crippen molar-refractivity contribution in [3.63, 3.8) is 0 Å². The highest BCUT2D eigenvalue weighted by molar-refractivity contribution is 9.10. The van der Waals surface area contributed by atoms with Crippen LogP contribution in [-0.2, 0) is 0 Å². The molecular formula is C19H15BrF4N4O. The minimum Gasteiger partial charge on any atom is -0.406 e. The van der Waals surface area contributed by atoms with E-state index in [2.05, 4.69) is 41.3 Å². The summed E-state index contributed by atoms with van der Waals surface area (Å²) < 4.78 is 55.6. The standard InChI is InChI=1S/C19H15BrF4N4O/c1-2-25-18-27-16(11-4-3-5-13(8-11)29-19(22,23)24)10-17(28-18)26-12-6-7-14(20)15(21)9-12/h3-10H,2H2,1H3,(H2,25,26,27,28). The normalized spacial score (nSPS) is 11.2. The lowest BCUT2D eigenvalue weighted by molar-refractivity contribution is -0.274. The summed E-state index contributed by atoms with van der Waals surface area (Å²) in [5.41, 5.74) is 1.22. The van der Waals surface area contributed by atoms with E-state index < -0.39 is 12.2 Å². The highest BCUT2D eigenvalue weighted by Gasteiger charge is 2.31. The second-order valence-corrected chi connectivity index (χ2v) is 6.68. The second-order valence-electron chi connectivity index (χ2n) is 5.82. The van der Waals surface area contributed by atoms with Gasteiger partial charge in [0.1, 0.15) is 17.4 Å². The van der Waals surface area contributed by atoms with E-state index in [0.29, 0.717) is 33.8 Å². The number of aromatic nitrogens is 2. The van der Waals surface area contributed by atoms with E-state index in [0.717, 1.165) is 0 Å². The molecule has 0 aliphatic rings. The number of benzene rings is 2. The largest absolute Gasteiger partial charge is 0.573 e. The Morgan fingerprint density at radius 1 is 1.07 bits per heavy atom. The van der Waals surface area contributed by atoms with Crippen LogP contribution in [0.25, 0.3) is 11.3 Å². The van der Waals surface area contributed by atoms with Gasteiger partial charge in [-0.15, -0.1) is 13.2 Å². The van der Waals surface area contributed by atoms with Gasteiger partial charge in [0.2, 0.25) is 5.95 Å². The van der Waals surface area contributed by atoms with E-state index in [9.17, 15) is 17.6 Å². The first-order chi connectivity index (χ1) is 13.7. The van der Waals surface area contributed by atoms with Gasteiger partial charge < -0.3 is 15.4 Å². The summed E-state index contributed by atoms with van der Waals surface area (Å²) in [5.74, 6) is -0.196. The van der Waals surface area contributed by atoms with Crippen LogP contribution in [0.2, 0.25) is 0 Å². The van der Waals surface area contributed by atoms with Crippen LogP contribution in [0.3, 0.4) is 0 Å². The molecule has 1 heterocycles. The van der Waals surface area contributed by atoms with Gasteiger partial charge in [-0.25, -0.2) is 9.37 Å². The Kier molecular flexibility index (Phi) is 6.21. The number of halogens is 5. The molecular weight excluding hydrogens is 456 g/mol. The monoisotopic (exact) mass is 470 g/mol. The summed E-state index contributed by atoms with van der Waals surface area (Å²) in [6, 6.07) is 11.5. The van der Waals surface area contributed by atoms with Gasteiger partial charge >= 0.3 is 6.36 Å². The second kappa shape index (κ2) is 8.64. The van der Waals surface area contributed by atoms with E-state index in [1.54, 1.807) is 24.3 Å². The lowest BCUT2D eigenvalue weighted by Gasteiger charge is -2.13. The number of nitrogens with zero attached hydrogens (tertiary/aromatic N) is 2. The molecule has 0 saturated carbocycles. The number of hydrogen-bond donors (Lipinski definition) is 2. The summed E-state index contributed by atoms with van der Waals surface area (Å²) in [6.07, 6.45) is -4.79. The molecule has 1 aromatic heterocycles. The molecule has 3 rings (SSSR count). The topological polar surface area (TPSA) is 59.1 Å². The number of hydrogen-bond acceptors (Lipinski definition) is 5. The molecule has 10 heteroatoms. The van der Waals surface area contributed by atoms with Crippen molar-refractivity contribution in [2.45, 2.75) is 13.3 Å². The third kappa shape index (κ3) is 5.80. The molecule has 0 radical (unpaired) electrons. The third-order valence-corrected chi connectivity index (χ3v) is 4.26. The molecule has 0 aliphatic heterocycles. The molecule has 0 spiro atoms. The molecule has 0 atom stereocenters. The molecule has 152 valence electrons. The number of rotatable bonds is 6. The highest BCUT2D eigenvalue weighted by Crippen LogP contribution is 2.29. The first-order valence-electron chi connectivity index (χ1n) is 8.44. The molecule has 0 amide bonds. The van der Waals surface area contributed by atoms with E-state index in [1.807, 2.05) is 6.92 Å². The number of alkyl halides is 3. The highest BCUT2D eigenvalue weighted by atomic mass is 79.9. The summed E-state index contributed by atoms with van der Waals surface area (Å²) in [7, 11) is 0. The quantitative estimate of drug-likeness (QED) is 0.425. The fourth-order valence-electron chi connectivity index (χ4n) is 2.47. The molecule has 0 unspecified atom stereocenters. The van der Waals surface area contributed by atoms with Gasteiger partial charge in [-0.2, -0.15) is 4.98 Å². The van der Waals surface area contributed by atoms with Gasteiger partial charge in [-0.3, -0.25) is 0 Å². The SMILES string of the molecule is CCNc1nc(Nc2ccc(Br)c(F)c2)cc(-c2cccc(OC(F)(F)F)c2)n1. The maximum atomic E-state index is 13.8. The average Bonchev–Trinajstić information content (AvgIpc) is 2.64. The van der Waals surface area contributed by atoms with Gasteiger partial charge in [0, 0.05) is 23.9 Å². The van der Waals surface area contributed by atoms with Crippen molar-refractivity contribution in [3.8, 4) is 17.0 Å². The van der Waals surface area contributed by atoms with Crippen molar-refractivity contribution in [1.29, 1.82) is 0 Å². The Morgan fingerprint density at radius 2 is 1.86 bits per heavy atom. The van der Waals surface area contributed by atoms with Gasteiger partial charge in [0.25, 0.3) is 0 Å². The zero-order chi connectivity index (χ0) is 21.0. The molecule has 0 aliphatic carbocycles. The molecule has 2 N–H and O–H groups in total. The molecule has 0 bridgehead atoms. The minimum atomic E-state index is -4.79. The predicted octanol–water partition coefficient (Wildman–Crippen LogP) is 6.12. The number of anilines is 3. The number of ether oxygens (including phenoxy) is 1. The summed E-state index contributed by atoms with van der Waals surface area (Å²) in [6.45, 7) is 2.39. The zero-order valence-electron chi connectivity index (χ0n) is 15.0. The van der Waals surface area contributed by atoms with E-state index in [1.165, 1.54) is 24.3 Å². The molecule has 0 saturated heterocycles. The van der Waals surface area contributed by atoms with Crippen LogP contribution in [-0.4, -0.2) is 22.9 Å². The molecule has 2 aromatic carbocycles. The van der Waals surface area contributed by atoms with E-state index in [4.69, 9.17) is 0 Å². The van der Waals surface area contributed by atoms with Crippen molar-refractivity contribution < 1.29 is 22.3 Å². The van der Waals surface area contributed by atoms with Crippen LogP contribution >= 0.6 is 15.9 Å². The van der Waals surface area contributed by atoms with Crippen molar-refractivity contribution >= 4 is 33.4 Å². The van der Waals surface area contributed by atoms with Crippen molar-refractivity contribution in [1.82, 2.24) is 9.97 Å². The average molecular weight is 471 g/mol. The van der Waals surface area contributed by atoms with E-state index in [-0.39, 0.29) is 11.7 Å². The van der Waals surface area contributed by atoms with Crippen molar-refractivity contribution in [2.24, 2.45) is 0 Å². The van der Waals surface area contributed by atoms with Crippen LogP contribution < -0.4 is 15.4 Å². The Bertz CT molecular complexity index is 1010. The van der Waals surface area contributed by atoms with Crippen LogP contribution in [0.15, 0.2) is 53.0 Å². The van der Waals surface area contributed by atoms with Crippen molar-refractivity contribution in [2.75, 3.05) is 17.2 Å². The molecule has 5 nitrogen and oxygen atoms in total. The van der Waals surface area contributed by atoms with Gasteiger partial charge in [-0.05, 0) is 53.2 Å². The fourth-order valence-corrected chi connectivity index (χ4v) is 2.72. The van der Waals surface area contributed by atoms with Crippen molar-refractivity contribution in [3.05, 3.63) is 58.8 Å². The maximum absolute atomic E-state index is 13.8.